The van der Waals surface area contributed by atoms with Crippen LogP contribution in [0.15, 0.2) is 22.7 Å². The quantitative estimate of drug-likeness (QED) is 0.650. The lowest BCUT2D eigenvalue weighted by Crippen LogP contribution is -2.40. The van der Waals surface area contributed by atoms with Crippen molar-refractivity contribution in [3.63, 3.8) is 0 Å². The number of nitrogens with zero attached hydrogens (tertiary/aromatic N) is 2. The molecular formula is C23H36BrN3O2. The molecule has 1 N–H and O–H groups in total. The summed E-state index contributed by atoms with van der Waals surface area (Å²) in [7, 11) is 0. The molecule has 2 saturated heterocycles. The molecule has 0 aromatic heterocycles. The Morgan fingerprint density at radius 1 is 1.14 bits per heavy atom. The molecule has 0 radical (unpaired) electrons. The summed E-state index contributed by atoms with van der Waals surface area (Å²) >= 11 is 3.66. The summed E-state index contributed by atoms with van der Waals surface area (Å²) in [5.74, 6) is 0.533. The van der Waals surface area contributed by atoms with Gasteiger partial charge in [-0.05, 0) is 89.6 Å². The van der Waals surface area contributed by atoms with Crippen LogP contribution in [0.1, 0.15) is 58.4 Å². The number of piperidine rings is 2. The molecule has 2 fully saturated rings. The minimum Gasteiger partial charge on any atom is -0.444 e. The van der Waals surface area contributed by atoms with Crippen molar-refractivity contribution in [2.24, 2.45) is 5.92 Å². The summed E-state index contributed by atoms with van der Waals surface area (Å²) in [5.41, 5.74) is 2.39. The predicted molar refractivity (Wildman–Crippen MR) is 122 cm³/mol. The van der Waals surface area contributed by atoms with Gasteiger partial charge >= 0.3 is 6.09 Å². The van der Waals surface area contributed by atoms with Crippen molar-refractivity contribution >= 4 is 27.7 Å². The number of benzene rings is 1. The summed E-state index contributed by atoms with van der Waals surface area (Å²) in [5, 5.41) is 2.94. The smallest absolute Gasteiger partial charge is 0.407 e. The second kappa shape index (κ2) is 10.2. The van der Waals surface area contributed by atoms with Gasteiger partial charge in [-0.25, -0.2) is 4.79 Å². The molecule has 162 valence electrons. The van der Waals surface area contributed by atoms with E-state index in [2.05, 4.69) is 49.2 Å². The fourth-order valence-electron chi connectivity index (χ4n) is 4.23. The zero-order chi connectivity index (χ0) is 20.9. The number of amides is 1. The molecule has 2 aliphatic rings. The number of nitrogens with one attached hydrogen (secondary N) is 1. The topological polar surface area (TPSA) is 44.8 Å². The number of carbonyl (C=O) groups is 1. The Morgan fingerprint density at radius 2 is 1.83 bits per heavy atom. The molecule has 5 nitrogen and oxygen atoms in total. The molecule has 2 heterocycles. The Morgan fingerprint density at radius 3 is 2.48 bits per heavy atom. The maximum atomic E-state index is 11.9. The van der Waals surface area contributed by atoms with Gasteiger partial charge in [0.1, 0.15) is 5.60 Å². The van der Waals surface area contributed by atoms with Crippen LogP contribution in [0, 0.1) is 5.92 Å². The molecule has 0 saturated carbocycles. The Bertz CT molecular complexity index is 675. The van der Waals surface area contributed by atoms with E-state index >= 15 is 0 Å². The fraction of sp³-hybridized carbons (Fsp3) is 0.696. The van der Waals surface area contributed by atoms with E-state index in [0.717, 1.165) is 36.9 Å². The molecule has 6 heteroatoms. The lowest BCUT2D eigenvalue weighted by molar-refractivity contribution is 0.0509. The summed E-state index contributed by atoms with van der Waals surface area (Å²) in [4.78, 5) is 17.0. The van der Waals surface area contributed by atoms with Crippen molar-refractivity contribution in [1.82, 2.24) is 10.2 Å². The van der Waals surface area contributed by atoms with Crippen LogP contribution in [0.4, 0.5) is 10.5 Å². The largest absolute Gasteiger partial charge is 0.444 e. The van der Waals surface area contributed by atoms with Crippen molar-refractivity contribution in [2.45, 2.75) is 65.0 Å². The Balaban J connectivity index is 1.49. The standard InChI is InChI=1S/C23H36BrN3O2/c1-23(2,3)29-22(28)25-16-18-9-13-26(14-10-18)17-19-7-8-20(24)15-21(19)27-11-5-4-6-12-27/h7-8,15,18H,4-6,9-14,16-17H2,1-3H3,(H,25,28). The van der Waals surface area contributed by atoms with Crippen LogP contribution in [-0.4, -0.2) is 49.3 Å². The normalized spacial score (nSPS) is 19.2. The van der Waals surface area contributed by atoms with E-state index < -0.39 is 5.60 Å². The first kappa shape index (κ1) is 22.4. The lowest BCUT2D eigenvalue weighted by Gasteiger charge is -2.35. The van der Waals surface area contributed by atoms with Gasteiger partial charge in [-0.3, -0.25) is 4.90 Å². The van der Waals surface area contributed by atoms with E-state index in [4.69, 9.17) is 4.74 Å². The first-order valence-electron chi connectivity index (χ1n) is 11.0. The highest BCUT2D eigenvalue weighted by Gasteiger charge is 2.23. The monoisotopic (exact) mass is 465 g/mol. The Labute approximate surface area is 184 Å². The molecule has 0 aliphatic carbocycles. The number of carbonyl (C=O) groups excluding carboxylic acids is 1. The molecule has 0 unspecified atom stereocenters. The minimum atomic E-state index is -0.440. The van der Waals surface area contributed by atoms with E-state index in [1.165, 1.54) is 43.6 Å². The van der Waals surface area contributed by atoms with Gasteiger partial charge in [0, 0.05) is 36.3 Å². The van der Waals surface area contributed by atoms with Gasteiger partial charge in [0.05, 0.1) is 0 Å². The Hall–Kier alpha value is -1.27. The number of hydrogen-bond donors (Lipinski definition) is 1. The van der Waals surface area contributed by atoms with Crippen molar-refractivity contribution in [3.05, 3.63) is 28.2 Å². The van der Waals surface area contributed by atoms with Gasteiger partial charge < -0.3 is 15.0 Å². The second-order valence-electron chi connectivity index (χ2n) is 9.42. The van der Waals surface area contributed by atoms with Crippen molar-refractivity contribution in [3.8, 4) is 0 Å². The van der Waals surface area contributed by atoms with Crippen LogP contribution in [-0.2, 0) is 11.3 Å². The highest BCUT2D eigenvalue weighted by Crippen LogP contribution is 2.30. The zero-order valence-electron chi connectivity index (χ0n) is 18.2. The first-order valence-corrected chi connectivity index (χ1v) is 11.8. The van der Waals surface area contributed by atoms with Crippen LogP contribution in [0.3, 0.4) is 0 Å². The highest BCUT2D eigenvalue weighted by atomic mass is 79.9. The third kappa shape index (κ3) is 7.18. The minimum absolute atomic E-state index is 0.305. The summed E-state index contributed by atoms with van der Waals surface area (Å²) < 4.78 is 6.50. The van der Waals surface area contributed by atoms with Crippen molar-refractivity contribution in [1.29, 1.82) is 0 Å². The number of halogens is 1. The average molecular weight is 466 g/mol. The van der Waals surface area contributed by atoms with Crippen molar-refractivity contribution in [2.75, 3.05) is 37.6 Å². The van der Waals surface area contributed by atoms with Gasteiger partial charge in [-0.15, -0.1) is 0 Å². The molecule has 0 bridgehead atoms. The molecule has 2 aliphatic heterocycles. The number of alkyl carbamates (subject to hydrolysis) is 1. The van der Waals surface area contributed by atoms with Crippen LogP contribution in [0.5, 0.6) is 0 Å². The van der Waals surface area contributed by atoms with Gasteiger partial charge in [0.2, 0.25) is 0 Å². The SMILES string of the molecule is CC(C)(C)OC(=O)NCC1CCN(Cc2ccc(Br)cc2N2CCCCC2)CC1. The van der Waals surface area contributed by atoms with Crippen molar-refractivity contribution < 1.29 is 9.53 Å². The molecule has 3 rings (SSSR count). The van der Waals surface area contributed by atoms with Gasteiger partial charge in [0.25, 0.3) is 0 Å². The zero-order valence-corrected chi connectivity index (χ0v) is 19.8. The highest BCUT2D eigenvalue weighted by molar-refractivity contribution is 9.10. The second-order valence-corrected chi connectivity index (χ2v) is 10.3. The van der Waals surface area contributed by atoms with E-state index in [-0.39, 0.29) is 6.09 Å². The van der Waals surface area contributed by atoms with Gasteiger partial charge in [0.15, 0.2) is 0 Å². The third-order valence-corrected chi connectivity index (χ3v) is 6.27. The average Bonchev–Trinajstić information content (AvgIpc) is 2.68. The van der Waals surface area contributed by atoms with Gasteiger partial charge in [-0.1, -0.05) is 22.0 Å². The Kier molecular flexibility index (Phi) is 7.85. The molecule has 0 spiro atoms. The lowest BCUT2D eigenvalue weighted by atomic mass is 9.96. The maximum absolute atomic E-state index is 11.9. The molecule has 29 heavy (non-hydrogen) atoms. The third-order valence-electron chi connectivity index (χ3n) is 5.78. The number of ether oxygens (including phenoxy) is 1. The fourth-order valence-corrected chi connectivity index (χ4v) is 4.58. The maximum Gasteiger partial charge on any atom is 0.407 e. The molecule has 1 aromatic rings. The predicted octanol–water partition coefficient (Wildman–Crippen LogP) is 5.18. The number of rotatable bonds is 5. The first-order chi connectivity index (χ1) is 13.8. The van der Waals surface area contributed by atoms with Gasteiger partial charge in [-0.2, -0.15) is 0 Å². The van der Waals surface area contributed by atoms with Crippen LogP contribution >= 0.6 is 15.9 Å². The molecule has 1 aromatic carbocycles. The molecule has 1 amide bonds. The van der Waals surface area contributed by atoms with Crippen LogP contribution < -0.4 is 10.2 Å². The van der Waals surface area contributed by atoms with E-state index in [0.29, 0.717) is 12.5 Å². The molecular weight excluding hydrogens is 430 g/mol. The van der Waals surface area contributed by atoms with E-state index in [9.17, 15) is 4.79 Å². The summed E-state index contributed by atoms with van der Waals surface area (Å²) in [6, 6.07) is 6.74. The van der Waals surface area contributed by atoms with E-state index in [1.807, 2.05) is 20.8 Å². The number of likely N-dealkylation sites (tertiary alicyclic amines) is 1. The number of hydrogen-bond acceptors (Lipinski definition) is 4. The number of anilines is 1. The summed E-state index contributed by atoms with van der Waals surface area (Å²) in [6.07, 6.45) is 5.87. The molecule has 0 atom stereocenters. The summed E-state index contributed by atoms with van der Waals surface area (Å²) in [6.45, 7) is 11.9. The van der Waals surface area contributed by atoms with Crippen LogP contribution in [0.25, 0.3) is 0 Å². The van der Waals surface area contributed by atoms with E-state index in [1.54, 1.807) is 0 Å². The van der Waals surface area contributed by atoms with Crippen LogP contribution in [0.2, 0.25) is 0 Å².